The van der Waals surface area contributed by atoms with Crippen molar-refractivity contribution in [2.75, 3.05) is 26.3 Å². The molecular formula is C17H29NO4. The smallest absolute Gasteiger partial charge is 0.311 e. The SMILES string of the molecule is CCOCCC1(C(=O)N2CCCC(C)(C(=O)O)C2)CCCC1. The molecule has 1 unspecified atom stereocenters. The standard InChI is InChI=1S/C17H29NO4/c1-3-22-12-10-17(8-4-5-9-17)14(19)18-11-6-7-16(2,13-18)15(20)21/h3-13H2,1-2H3,(H,20,21). The molecule has 2 aliphatic rings. The molecule has 1 saturated carbocycles. The quantitative estimate of drug-likeness (QED) is 0.766. The molecular weight excluding hydrogens is 282 g/mol. The van der Waals surface area contributed by atoms with Gasteiger partial charge in [-0.3, -0.25) is 9.59 Å². The molecule has 5 nitrogen and oxygen atoms in total. The Balaban J connectivity index is 2.08. The second kappa shape index (κ2) is 6.99. The lowest BCUT2D eigenvalue weighted by Gasteiger charge is -2.42. The summed E-state index contributed by atoms with van der Waals surface area (Å²) in [5.74, 6) is -0.628. The number of nitrogens with zero attached hydrogens (tertiary/aromatic N) is 1. The zero-order valence-electron chi connectivity index (χ0n) is 13.9. The monoisotopic (exact) mass is 311 g/mol. The Bertz CT molecular complexity index is 417. The lowest BCUT2D eigenvalue weighted by atomic mass is 9.78. The van der Waals surface area contributed by atoms with Gasteiger partial charge < -0.3 is 14.7 Å². The van der Waals surface area contributed by atoms with Crippen molar-refractivity contribution in [3.63, 3.8) is 0 Å². The van der Waals surface area contributed by atoms with Crippen LogP contribution in [-0.4, -0.2) is 48.2 Å². The van der Waals surface area contributed by atoms with Crippen molar-refractivity contribution in [2.24, 2.45) is 10.8 Å². The van der Waals surface area contributed by atoms with Crippen LogP contribution in [0.2, 0.25) is 0 Å². The minimum absolute atomic E-state index is 0.164. The van der Waals surface area contributed by atoms with Crippen LogP contribution < -0.4 is 0 Å². The number of hydrogen-bond acceptors (Lipinski definition) is 3. The highest BCUT2D eigenvalue weighted by molar-refractivity contribution is 5.84. The molecule has 22 heavy (non-hydrogen) atoms. The number of carbonyl (C=O) groups is 2. The Morgan fingerprint density at radius 1 is 1.18 bits per heavy atom. The Hall–Kier alpha value is -1.10. The van der Waals surface area contributed by atoms with E-state index in [9.17, 15) is 14.7 Å². The topological polar surface area (TPSA) is 66.8 Å². The predicted molar refractivity (Wildman–Crippen MR) is 83.6 cm³/mol. The lowest BCUT2D eigenvalue weighted by molar-refractivity contribution is -0.157. The van der Waals surface area contributed by atoms with E-state index in [1.54, 1.807) is 6.92 Å². The summed E-state index contributed by atoms with van der Waals surface area (Å²) in [5.41, 5.74) is -1.11. The van der Waals surface area contributed by atoms with Gasteiger partial charge in [0.15, 0.2) is 0 Å². The molecule has 0 radical (unpaired) electrons. The largest absolute Gasteiger partial charge is 0.481 e. The van der Waals surface area contributed by atoms with Crippen LogP contribution in [0.5, 0.6) is 0 Å². The van der Waals surface area contributed by atoms with Gasteiger partial charge in [0.05, 0.1) is 10.8 Å². The lowest BCUT2D eigenvalue weighted by Crippen LogP contribution is -2.52. The van der Waals surface area contributed by atoms with Crippen molar-refractivity contribution < 1.29 is 19.4 Å². The maximum absolute atomic E-state index is 13.1. The molecule has 1 N–H and O–H groups in total. The number of aliphatic carboxylic acids is 1. The van der Waals surface area contributed by atoms with E-state index in [4.69, 9.17) is 4.74 Å². The van der Waals surface area contributed by atoms with Crippen molar-refractivity contribution in [1.29, 1.82) is 0 Å². The van der Waals surface area contributed by atoms with Gasteiger partial charge in [0.1, 0.15) is 0 Å². The fourth-order valence-electron chi connectivity index (χ4n) is 3.96. The van der Waals surface area contributed by atoms with Crippen molar-refractivity contribution in [2.45, 2.75) is 58.8 Å². The summed E-state index contributed by atoms with van der Waals surface area (Å²) in [7, 11) is 0. The summed E-state index contributed by atoms with van der Waals surface area (Å²) in [4.78, 5) is 26.4. The first-order chi connectivity index (χ1) is 10.4. The van der Waals surface area contributed by atoms with Gasteiger partial charge >= 0.3 is 5.97 Å². The zero-order chi connectivity index (χ0) is 16.2. The van der Waals surface area contributed by atoms with Crippen molar-refractivity contribution in [3.8, 4) is 0 Å². The van der Waals surface area contributed by atoms with Gasteiger partial charge in [-0.05, 0) is 46.0 Å². The van der Waals surface area contributed by atoms with E-state index < -0.39 is 11.4 Å². The Kier molecular flexibility index (Phi) is 5.48. The number of ether oxygens (including phenoxy) is 1. The van der Waals surface area contributed by atoms with Gasteiger partial charge in [-0.2, -0.15) is 0 Å². The third-order valence-electron chi connectivity index (χ3n) is 5.44. The first-order valence-electron chi connectivity index (χ1n) is 8.54. The molecule has 1 atom stereocenters. The molecule has 1 aliphatic carbocycles. The average Bonchev–Trinajstić information content (AvgIpc) is 2.97. The molecule has 0 bridgehead atoms. The van der Waals surface area contributed by atoms with E-state index in [-0.39, 0.29) is 11.3 Å². The van der Waals surface area contributed by atoms with E-state index >= 15 is 0 Å². The Morgan fingerprint density at radius 3 is 2.45 bits per heavy atom. The van der Waals surface area contributed by atoms with E-state index in [2.05, 4.69) is 0 Å². The van der Waals surface area contributed by atoms with Crippen LogP contribution in [0.3, 0.4) is 0 Å². The molecule has 1 saturated heterocycles. The van der Waals surface area contributed by atoms with Crippen LogP contribution >= 0.6 is 0 Å². The zero-order valence-corrected chi connectivity index (χ0v) is 13.9. The minimum Gasteiger partial charge on any atom is -0.481 e. The van der Waals surface area contributed by atoms with Crippen LogP contribution in [-0.2, 0) is 14.3 Å². The molecule has 0 aromatic heterocycles. The first-order valence-corrected chi connectivity index (χ1v) is 8.54. The Morgan fingerprint density at radius 2 is 1.86 bits per heavy atom. The van der Waals surface area contributed by atoms with Crippen molar-refractivity contribution in [1.82, 2.24) is 4.90 Å². The summed E-state index contributed by atoms with van der Waals surface area (Å²) in [6.45, 7) is 6.05. The molecule has 1 heterocycles. The first kappa shape index (κ1) is 17.3. The maximum atomic E-state index is 13.1. The fourth-order valence-corrected chi connectivity index (χ4v) is 3.96. The van der Waals surface area contributed by atoms with Gasteiger partial charge in [-0.15, -0.1) is 0 Å². The molecule has 2 rings (SSSR count). The number of hydrogen-bond donors (Lipinski definition) is 1. The van der Waals surface area contributed by atoms with Crippen LogP contribution in [0.15, 0.2) is 0 Å². The third kappa shape index (κ3) is 3.45. The highest BCUT2D eigenvalue weighted by Crippen LogP contribution is 2.44. The maximum Gasteiger partial charge on any atom is 0.311 e. The van der Waals surface area contributed by atoms with Gasteiger partial charge in [0.2, 0.25) is 5.91 Å². The minimum atomic E-state index is -0.798. The van der Waals surface area contributed by atoms with Gasteiger partial charge in [0, 0.05) is 26.3 Å². The third-order valence-corrected chi connectivity index (χ3v) is 5.44. The number of rotatable bonds is 6. The average molecular weight is 311 g/mol. The van der Waals surface area contributed by atoms with E-state index in [0.717, 1.165) is 38.5 Å². The number of likely N-dealkylation sites (tertiary alicyclic amines) is 1. The molecule has 1 amide bonds. The normalized spacial score (nSPS) is 27.8. The summed E-state index contributed by atoms with van der Waals surface area (Å²) in [6.07, 6.45) is 6.19. The van der Waals surface area contributed by atoms with E-state index in [0.29, 0.717) is 32.7 Å². The molecule has 0 aromatic rings. The van der Waals surface area contributed by atoms with Crippen LogP contribution in [0.1, 0.15) is 58.8 Å². The molecule has 126 valence electrons. The summed E-state index contributed by atoms with van der Waals surface area (Å²) >= 11 is 0. The van der Waals surface area contributed by atoms with Crippen molar-refractivity contribution >= 4 is 11.9 Å². The summed E-state index contributed by atoms with van der Waals surface area (Å²) < 4.78 is 5.47. The van der Waals surface area contributed by atoms with E-state index in [1.165, 1.54) is 0 Å². The van der Waals surface area contributed by atoms with Gasteiger partial charge in [-0.1, -0.05) is 12.8 Å². The van der Waals surface area contributed by atoms with E-state index in [1.807, 2.05) is 11.8 Å². The number of amides is 1. The van der Waals surface area contributed by atoms with Crippen LogP contribution in [0.25, 0.3) is 0 Å². The van der Waals surface area contributed by atoms with Crippen LogP contribution in [0.4, 0.5) is 0 Å². The predicted octanol–water partition coefficient (Wildman–Crippen LogP) is 2.69. The molecule has 5 heteroatoms. The highest BCUT2D eigenvalue weighted by atomic mass is 16.5. The number of piperidine rings is 1. The fraction of sp³-hybridized carbons (Fsp3) is 0.882. The van der Waals surface area contributed by atoms with Crippen LogP contribution in [0, 0.1) is 10.8 Å². The van der Waals surface area contributed by atoms with Gasteiger partial charge in [-0.25, -0.2) is 0 Å². The summed E-state index contributed by atoms with van der Waals surface area (Å²) in [6, 6.07) is 0. The molecule has 2 fully saturated rings. The number of carbonyl (C=O) groups excluding carboxylic acids is 1. The summed E-state index contributed by atoms with van der Waals surface area (Å²) in [5, 5.41) is 9.44. The molecule has 1 aliphatic heterocycles. The van der Waals surface area contributed by atoms with Gasteiger partial charge in [0.25, 0.3) is 0 Å². The van der Waals surface area contributed by atoms with Crippen molar-refractivity contribution in [3.05, 3.63) is 0 Å². The number of carboxylic acid groups (broad SMARTS) is 1. The Labute approximate surface area is 133 Å². The molecule has 0 spiro atoms. The number of carboxylic acids is 1. The second-order valence-corrected chi connectivity index (χ2v) is 7.13. The highest BCUT2D eigenvalue weighted by Gasteiger charge is 2.47. The molecule has 0 aromatic carbocycles. The second-order valence-electron chi connectivity index (χ2n) is 7.13.